The van der Waals surface area contributed by atoms with Crippen LogP contribution in [0.15, 0.2) is 55.5 Å². The molecule has 11 heteroatoms. The molecule has 0 radical (unpaired) electrons. The molecule has 0 aliphatic carbocycles. The van der Waals surface area contributed by atoms with Crippen LogP contribution in [0, 0.1) is 0 Å². The van der Waals surface area contributed by atoms with Crippen molar-refractivity contribution in [3.05, 3.63) is 66.1 Å². The summed E-state index contributed by atoms with van der Waals surface area (Å²) in [6.07, 6.45) is 5.14. The molecular weight excluding hydrogens is 442 g/mol. The van der Waals surface area contributed by atoms with Crippen molar-refractivity contribution in [2.75, 3.05) is 23.1 Å². The molecule has 166 valence electrons. The highest BCUT2D eigenvalue weighted by Crippen LogP contribution is 2.35. The molecule has 0 aliphatic heterocycles. The van der Waals surface area contributed by atoms with E-state index in [9.17, 15) is 13.6 Å². The summed E-state index contributed by atoms with van der Waals surface area (Å²) in [4.78, 5) is 23.8. The van der Waals surface area contributed by atoms with Crippen LogP contribution in [-0.2, 0) is 10.7 Å². The fourth-order valence-electron chi connectivity index (χ4n) is 2.61. The maximum atomic E-state index is 14.2. The second kappa shape index (κ2) is 9.56. The monoisotopic (exact) mass is 460 g/mol. The molecule has 0 aliphatic rings. The molecule has 0 unspecified atom stereocenters. The number of hydrogen-bond acceptors (Lipinski definition) is 7. The van der Waals surface area contributed by atoms with Crippen LogP contribution in [0.3, 0.4) is 0 Å². The lowest BCUT2D eigenvalue weighted by atomic mass is 10.2. The molecule has 0 atom stereocenters. The summed E-state index contributed by atoms with van der Waals surface area (Å²) in [5.74, 6) is -3.26. The Morgan fingerprint density at radius 3 is 2.66 bits per heavy atom. The minimum atomic E-state index is -3.22. The maximum Gasteiger partial charge on any atom is 0.275 e. The summed E-state index contributed by atoms with van der Waals surface area (Å²) in [7, 11) is 1.50. The molecule has 2 heterocycles. The maximum absolute atomic E-state index is 14.2. The second-order valence-corrected chi connectivity index (χ2v) is 7.00. The number of carbonyl (C=O) groups excluding carboxylic acids is 1. The number of anilines is 5. The molecule has 0 saturated heterocycles. The lowest BCUT2D eigenvalue weighted by Gasteiger charge is -2.17. The van der Waals surface area contributed by atoms with E-state index in [0.29, 0.717) is 17.1 Å². The first-order valence-corrected chi connectivity index (χ1v) is 9.59. The van der Waals surface area contributed by atoms with Gasteiger partial charge in [0.05, 0.1) is 41.5 Å². The zero-order valence-corrected chi connectivity index (χ0v) is 17.9. The number of hydrogen-bond donors (Lipinski definition) is 3. The molecular formula is C21H19ClF2N6O2. The Kier molecular flexibility index (Phi) is 6.84. The van der Waals surface area contributed by atoms with Gasteiger partial charge in [-0.1, -0.05) is 18.2 Å². The fraction of sp³-hybridized carbons (Fsp3) is 0.143. The van der Waals surface area contributed by atoms with E-state index in [0.717, 1.165) is 19.2 Å². The topological polar surface area (TPSA) is 101 Å². The van der Waals surface area contributed by atoms with E-state index < -0.39 is 17.4 Å². The standard InChI is InChI=1S/C21H19ClF2N6O2/c1-4-18(31)29-17-8-12(5-6-16(17)22)27-19-15(21(2,23)24)11-26-20(30-19)28-13-7-14(32-3)10-25-9-13/h4-11H,1H2,2-3H3,(H,29,31)(H2,26,27,28,30). The van der Waals surface area contributed by atoms with E-state index in [2.05, 4.69) is 37.5 Å². The summed E-state index contributed by atoms with van der Waals surface area (Å²) >= 11 is 6.10. The molecule has 3 rings (SSSR count). The number of nitrogens with one attached hydrogen (secondary N) is 3. The van der Waals surface area contributed by atoms with Crippen LogP contribution >= 0.6 is 11.6 Å². The molecule has 2 aromatic heterocycles. The van der Waals surface area contributed by atoms with E-state index in [1.807, 2.05) is 0 Å². The van der Waals surface area contributed by atoms with Crippen molar-refractivity contribution in [1.82, 2.24) is 15.0 Å². The highest BCUT2D eigenvalue weighted by molar-refractivity contribution is 6.34. The van der Waals surface area contributed by atoms with Gasteiger partial charge >= 0.3 is 0 Å². The molecule has 32 heavy (non-hydrogen) atoms. The van der Waals surface area contributed by atoms with Gasteiger partial charge in [0.15, 0.2) is 0 Å². The molecule has 0 saturated carbocycles. The average molecular weight is 461 g/mol. The number of rotatable bonds is 8. The van der Waals surface area contributed by atoms with Crippen LogP contribution in [0.5, 0.6) is 5.75 Å². The van der Waals surface area contributed by atoms with E-state index in [1.54, 1.807) is 12.1 Å². The van der Waals surface area contributed by atoms with Gasteiger partial charge in [0.25, 0.3) is 5.92 Å². The molecule has 0 spiro atoms. The number of ether oxygens (including phenoxy) is 1. The SMILES string of the molecule is C=CC(=O)Nc1cc(Nc2nc(Nc3cncc(OC)c3)ncc2C(C)(F)F)ccc1Cl. The Bertz CT molecular complexity index is 1150. The van der Waals surface area contributed by atoms with Crippen LogP contribution in [0.1, 0.15) is 12.5 Å². The quantitative estimate of drug-likeness (QED) is 0.394. The smallest absolute Gasteiger partial charge is 0.275 e. The van der Waals surface area contributed by atoms with E-state index in [-0.39, 0.29) is 22.5 Å². The number of benzene rings is 1. The van der Waals surface area contributed by atoms with Gasteiger partial charge in [0, 0.05) is 24.9 Å². The Morgan fingerprint density at radius 1 is 1.19 bits per heavy atom. The van der Waals surface area contributed by atoms with Crippen molar-refractivity contribution < 1.29 is 18.3 Å². The van der Waals surface area contributed by atoms with E-state index >= 15 is 0 Å². The van der Waals surface area contributed by atoms with Crippen molar-refractivity contribution in [2.45, 2.75) is 12.8 Å². The summed E-state index contributed by atoms with van der Waals surface area (Å²) in [6, 6.07) is 6.21. The van der Waals surface area contributed by atoms with Crippen LogP contribution in [0.25, 0.3) is 0 Å². The molecule has 1 aromatic carbocycles. The largest absolute Gasteiger partial charge is 0.495 e. The van der Waals surface area contributed by atoms with Gasteiger partial charge in [-0.15, -0.1) is 0 Å². The third kappa shape index (κ3) is 5.67. The highest BCUT2D eigenvalue weighted by Gasteiger charge is 2.30. The third-order valence-corrected chi connectivity index (χ3v) is 4.47. The zero-order valence-electron chi connectivity index (χ0n) is 17.1. The average Bonchev–Trinajstić information content (AvgIpc) is 2.75. The highest BCUT2D eigenvalue weighted by atomic mass is 35.5. The molecule has 1 amide bonds. The molecule has 3 aromatic rings. The number of alkyl halides is 2. The Labute approximate surface area is 187 Å². The van der Waals surface area contributed by atoms with Crippen molar-refractivity contribution in [3.63, 3.8) is 0 Å². The number of aromatic nitrogens is 3. The Balaban J connectivity index is 1.95. The molecule has 0 bridgehead atoms. The van der Waals surface area contributed by atoms with Gasteiger partial charge in [-0.05, 0) is 24.3 Å². The predicted molar refractivity (Wildman–Crippen MR) is 119 cm³/mol. The summed E-state index contributed by atoms with van der Waals surface area (Å²) in [6.45, 7) is 4.12. The van der Waals surface area contributed by atoms with Gasteiger partial charge in [-0.3, -0.25) is 9.78 Å². The summed E-state index contributed by atoms with van der Waals surface area (Å²) in [5.41, 5.74) is 0.735. The number of halogens is 3. The predicted octanol–water partition coefficient (Wildman–Crippen LogP) is 5.26. The number of methoxy groups -OCH3 is 1. The molecule has 3 N–H and O–H groups in total. The van der Waals surface area contributed by atoms with Crippen LogP contribution in [0.2, 0.25) is 5.02 Å². The van der Waals surface area contributed by atoms with Crippen molar-refractivity contribution >= 4 is 46.3 Å². The Hall–Kier alpha value is -3.79. The zero-order chi connectivity index (χ0) is 23.3. The summed E-state index contributed by atoms with van der Waals surface area (Å²) < 4.78 is 33.5. The number of nitrogens with zero attached hydrogens (tertiary/aromatic N) is 3. The minimum absolute atomic E-state index is 0.0599. The van der Waals surface area contributed by atoms with E-state index in [1.165, 1.54) is 31.6 Å². The lowest BCUT2D eigenvalue weighted by molar-refractivity contribution is -0.111. The van der Waals surface area contributed by atoms with Crippen molar-refractivity contribution in [2.24, 2.45) is 0 Å². The third-order valence-electron chi connectivity index (χ3n) is 4.14. The lowest BCUT2D eigenvalue weighted by Crippen LogP contribution is -2.14. The van der Waals surface area contributed by atoms with Crippen LogP contribution < -0.4 is 20.7 Å². The fourth-order valence-corrected chi connectivity index (χ4v) is 2.77. The first-order valence-electron chi connectivity index (χ1n) is 9.21. The van der Waals surface area contributed by atoms with Gasteiger partial charge in [0.1, 0.15) is 11.6 Å². The summed E-state index contributed by atoms with van der Waals surface area (Å²) in [5, 5.41) is 8.55. The van der Waals surface area contributed by atoms with Gasteiger partial charge in [-0.25, -0.2) is 13.8 Å². The molecule has 0 fully saturated rings. The minimum Gasteiger partial charge on any atom is -0.495 e. The van der Waals surface area contributed by atoms with Crippen LogP contribution in [-0.4, -0.2) is 28.0 Å². The second-order valence-electron chi connectivity index (χ2n) is 6.60. The molecule has 8 nitrogen and oxygen atoms in total. The number of carbonyl (C=O) groups is 1. The van der Waals surface area contributed by atoms with Gasteiger partial charge in [0.2, 0.25) is 11.9 Å². The van der Waals surface area contributed by atoms with Gasteiger partial charge < -0.3 is 20.7 Å². The number of pyridine rings is 1. The van der Waals surface area contributed by atoms with Gasteiger partial charge in [-0.2, -0.15) is 4.98 Å². The first kappa shape index (κ1) is 22.9. The number of amides is 1. The Morgan fingerprint density at radius 2 is 1.97 bits per heavy atom. The normalized spacial score (nSPS) is 10.9. The van der Waals surface area contributed by atoms with Crippen molar-refractivity contribution in [3.8, 4) is 5.75 Å². The van der Waals surface area contributed by atoms with E-state index in [4.69, 9.17) is 16.3 Å². The first-order chi connectivity index (χ1) is 15.2. The van der Waals surface area contributed by atoms with Crippen molar-refractivity contribution in [1.29, 1.82) is 0 Å². The van der Waals surface area contributed by atoms with Crippen LogP contribution in [0.4, 0.5) is 37.6 Å².